The van der Waals surface area contributed by atoms with Crippen molar-refractivity contribution in [1.29, 1.82) is 0 Å². The maximum absolute atomic E-state index is 12.4. The van der Waals surface area contributed by atoms with Gasteiger partial charge in [-0.2, -0.15) is 0 Å². The van der Waals surface area contributed by atoms with Crippen molar-refractivity contribution in [3.63, 3.8) is 0 Å². The quantitative estimate of drug-likeness (QED) is 0.275. The number of carbonyl (C=O) groups excluding carboxylic acids is 1. The molecule has 3 aromatic carbocycles. The molecule has 184 valence electrons. The first-order chi connectivity index (χ1) is 17.7. The summed E-state index contributed by atoms with van der Waals surface area (Å²) in [7, 11) is 0. The minimum absolute atomic E-state index is 0.0853. The molecule has 1 fully saturated rings. The zero-order valence-electron chi connectivity index (χ0n) is 19.4. The van der Waals surface area contributed by atoms with Gasteiger partial charge in [0.25, 0.3) is 0 Å². The molecule has 0 radical (unpaired) electrons. The maximum atomic E-state index is 12.4. The van der Waals surface area contributed by atoms with E-state index in [0.29, 0.717) is 5.13 Å². The van der Waals surface area contributed by atoms with Crippen molar-refractivity contribution in [1.82, 2.24) is 10.2 Å². The maximum Gasteiger partial charge on any atom is 0.234 e. The molecule has 2 heterocycles. The number of amides is 1. The zero-order chi connectivity index (χ0) is 24.6. The predicted octanol–water partition coefficient (Wildman–Crippen LogP) is 5.64. The number of carbonyl (C=O) groups is 1. The van der Waals surface area contributed by atoms with Crippen LogP contribution in [0.25, 0.3) is 0 Å². The molecule has 1 aliphatic rings. The van der Waals surface area contributed by atoms with Crippen LogP contribution in [0.4, 0.5) is 22.2 Å². The van der Waals surface area contributed by atoms with Gasteiger partial charge in [0.2, 0.25) is 11.0 Å². The van der Waals surface area contributed by atoms with E-state index in [1.54, 1.807) is 0 Å². The van der Waals surface area contributed by atoms with E-state index in [4.69, 9.17) is 9.47 Å². The Morgan fingerprint density at radius 2 is 1.61 bits per heavy atom. The predicted molar refractivity (Wildman–Crippen MR) is 145 cm³/mol. The van der Waals surface area contributed by atoms with Gasteiger partial charge >= 0.3 is 0 Å². The monoisotopic (exact) mass is 519 g/mol. The van der Waals surface area contributed by atoms with Crippen molar-refractivity contribution in [3.05, 3.63) is 78.9 Å². The Morgan fingerprint density at radius 3 is 2.36 bits per heavy atom. The summed E-state index contributed by atoms with van der Waals surface area (Å²) in [4.78, 5) is 14.7. The zero-order valence-corrected chi connectivity index (χ0v) is 21.1. The summed E-state index contributed by atoms with van der Waals surface area (Å²) in [6.07, 6.45) is 0. The molecular weight excluding hydrogens is 494 g/mol. The summed E-state index contributed by atoms with van der Waals surface area (Å²) >= 11 is 2.76. The summed E-state index contributed by atoms with van der Waals surface area (Å²) in [6, 6.07) is 25.2. The molecule has 0 spiro atoms. The third-order valence-electron chi connectivity index (χ3n) is 5.34. The van der Waals surface area contributed by atoms with E-state index < -0.39 is 0 Å². The van der Waals surface area contributed by atoms with Gasteiger partial charge in [-0.05, 0) is 60.7 Å². The van der Waals surface area contributed by atoms with Gasteiger partial charge in [-0.1, -0.05) is 41.3 Å². The average molecular weight is 520 g/mol. The number of rotatable bonds is 9. The normalized spacial score (nSPS) is 13.3. The van der Waals surface area contributed by atoms with Crippen LogP contribution in [0.15, 0.2) is 83.2 Å². The Morgan fingerprint density at radius 1 is 0.917 bits per heavy atom. The molecule has 10 heteroatoms. The standard InChI is InChI=1S/C26H25N5O3S2/c32-24(27-19-6-10-21(11-7-19)31-14-16-33-17-15-31)18-35-26-30-29-25(36-26)28-20-8-12-23(13-9-20)34-22-4-2-1-3-5-22/h1-13H,14-18H2,(H,27,32)(H,28,29). The van der Waals surface area contributed by atoms with Gasteiger partial charge in [-0.25, -0.2) is 0 Å². The van der Waals surface area contributed by atoms with Crippen molar-refractivity contribution in [2.45, 2.75) is 4.34 Å². The van der Waals surface area contributed by atoms with Crippen LogP contribution < -0.4 is 20.3 Å². The van der Waals surface area contributed by atoms with Gasteiger partial charge in [0.1, 0.15) is 11.5 Å². The van der Waals surface area contributed by atoms with Crippen LogP contribution in [0.5, 0.6) is 11.5 Å². The van der Waals surface area contributed by atoms with Crippen LogP contribution in [0.1, 0.15) is 0 Å². The van der Waals surface area contributed by atoms with E-state index in [2.05, 4.69) is 25.7 Å². The lowest BCUT2D eigenvalue weighted by Crippen LogP contribution is -2.36. The fraction of sp³-hybridized carbons (Fsp3) is 0.192. The van der Waals surface area contributed by atoms with E-state index >= 15 is 0 Å². The molecule has 1 amide bonds. The Kier molecular flexibility index (Phi) is 7.96. The minimum atomic E-state index is -0.0853. The highest BCUT2D eigenvalue weighted by Crippen LogP contribution is 2.29. The first kappa shape index (κ1) is 24.1. The van der Waals surface area contributed by atoms with Gasteiger partial charge in [-0.15, -0.1) is 10.2 Å². The molecule has 8 nitrogen and oxygen atoms in total. The summed E-state index contributed by atoms with van der Waals surface area (Å²) < 4.78 is 11.9. The Bertz CT molecular complexity index is 1260. The second-order valence-corrected chi connectivity index (χ2v) is 10.1. The average Bonchev–Trinajstić information content (AvgIpc) is 3.37. The molecule has 1 aromatic heterocycles. The highest BCUT2D eigenvalue weighted by molar-refractivity contribution is 8.01. The third-order valence-corrected chi connectivity index (χ3v) is 7.32. The van der Waals surface area contributed by atoms with Gasteiger partial charge in [0, 0.05) is 30.2 Å². The van der Waals surface area contributed by atoms with E-state index in [1.807, 2.05) is 78.9 Å². The summed E-state index contributed by atoms with van der Waals surface area (Å²) in [5, 5.41) is 15.2. The lowest BCUT2D eigenvalue weighted by Gasteiger charge is -2.28. The number of ether oxygens (including phenoxy) is 2. The number of nitrogens with one attached hydrogen (secondary N) is 2. The summed E-state index contributed by atoms with van der Waals surface area (Å²) in [5.74, 6) is 1.71. The topological polar surface area (TPSA) is 88.6 Å². The van der Waals surface area contributed by atoms with E-state index in [0.717, 1.165) is 59.2 Å². The first-order valence-corrected chi connectivity index (χ1v) is 13.3. The van der Waals surface area contributed by atoms with E-state index in [-0.39, 0.29) is 11.7 Å². The van der Waals surface area contributed by atoms with Gasteiger partial charge in [-0.3, -0.25) is 4.79 Å². The van der Waals surface area contributed by atoms with Crippen molar-refractivity contribution in [2.75, 3.05) is 47.6 Å². The molecular formula is C26H25N5O3S2. The molecule has 0 atom stereocenters. The van der Waals surface area contributed by atoms with Crippen molar-refractivity contribution >= 4 is 51.2 Å². The van der Waals surface area contributed by atoms with Gasteiger partial charge in [0.15, 0.2) is 4.34 Å². The van der Waals surface area contributed by atoms with E-state index in [9.17, 15) is 4.79 Å². The third kappa shape index (κ3) is 6.75. The highest BCUT2D eigenvalue weighted by Gasteiger charge is 2.12. The molecule has 1 saturated heterocycles. The molecule has 0 saturated carbocycles. The number of thioether (sulfide) groups is 1. The molecule has 5 rings (SSSR count). The van der Waals surface area contributed by atoms with Crippen LogP contribution in [-0.2, 0) is 9.53 Å². The van der Waals surface area contributed by atoms with Crippen LogP contribution in [0.3, 0.4) is 0 Å². The van der Waals surface area contributed by atoms with Crippen LogP contribution in [-0.4, -0.2) is 48.2 Å². The molecule has 0 aliphatic carbocycles. The Balaban J connectivity index is 1.07. The fourth-order valence-corrected chi connectivity index (χ4v) is 5.15. The molecule has 0 unspecified atom stereocenters. The minimum Gasteiger partial charge on any atom is -0.457 e. The number of para-hydroxylation sites is 1. The second-order valence-electron chi connectivity index (χ2n) is 7.92. The summed E-state index contributed by atoms with van der Waals surface area (Å²) in [5.41, 5.74) is 2.79. The lowest BCUT2D eigenvalue weighted by atomic mass is 10.2. The number of aromatic nitrogens is 2. The molecule has 2 N–H and O–H groups in total. The number of morpholine rings is 1. The largest absolute Gasteiger partial charge is 0.457 e. The van der Waals surface area contributed by atoms with Crippen LogP contribution in [0, 0.1) is 0 Å². The van der Waals surface area contributed by atoms with Gasteiger partial charge in [0.05, 0.1) is 19.0 Å². The number of nitrogens with zero attached hydrogens (tertiary/aromatic N) is 3. The molecule has 0 bridgehead atoms. The first-order valence-electron chi connectivity index (χ1n) is 11.5. The summed E-state index contributed by atoms with van der Waals surface area (Å²) in [6.45, 7) is 3.26. The number of anilines is 4. The lowest BCUT2D eigenvalue weighted by molar-refractivity contribution is -0.113. The number of hydrogen-bond acceptors (Lipinski definition) is 9. The van der Waals surface area contributed by atoms with Gasteiger partial charge < -0.3 is 25.0 Å². The number of hydrogen-bond donors (Lipinski definition) is 2. The Hall–Kier alpha value is -3.60. The van der Waals surface area contributed by atoms with Crippen LogP contribution in [0.2, 0.25) is 0 Å². The Labute approximate surface area is 217 Å². The smallest absolute Gasteiger partial charge is 0.234 e. The van der Waals surface area contributed by atoms with E-state index in [1.165, 1.54) is 23.1 Å². The van der Waals surface area contributed by atoms with Crippen LogP contribution >= 0.6 is 23.1 Å². The molecule has 36 heavy (non-hydrogen) atoms. The highest BCUT2D eigenvalue weighted by atomic mass is 32.2. The molecule has 1 aliphatic heterocycles. The molecule has 4 aromatic rings. The van der Waals surface area contributed by atoms with Crippen molar-refractivity contribution in [3.8, 4) is 11.5 Å². The van der Waals surface area contributed by atoms with Crippen molar-refractivity contribution in [2.24, 2.45) is 0 Å². The fourth-order valence-electron chi connectivity index (χ4n) is 3.57. The number of benzene rings is 3. The SMILES string of the molecule is O=C(CSc1nnc(Nc2ccc(Oc3ccccc3)cc2)s1)Nc1ccc(N2CCOCC2)cc1. The second kappa shape index (κ2) is 11.9. The van der Waals surface area contributed by atoms with Crippen molar-refractivity contribution < 1.29 is 14.3 Å².